The van der Waals surface area contributed by atoms with E-state index in [1.165, 1.54) is 23.1 Å². The van der Waals surface area contributed by atoms with E-state index < -0.39 is 38.3 Å². The van der Waals surface area contributed by atoms with Gasteiger partial charge in [-0.3, -0.25) is 4.79 Å². The molecule has 0 aromatic heterocycles. The molecule has 1 amide bonds. The number of aliphatic hydroxyl groups excluding tert-OH is 1. The van der Waals surface area contributed by atoms with Gasteiger partial charge in [0, 0.05) is 24.6 Å². The van der Waals surface area contributed by atoms with E-state index in [1.54, 1.807) is 32.0 Å². The van der Waals surface area contributed by atoms with Crippen molar-refractivity contribution in [3.8, 4) is 5.75 Å². The summed E-state index contributed by atoms with van der Waals surface area (Å²) in [5.74, 6) is -0.935. The van der Waals surface area contributed by atoms with E-state index in [4.69, 9.17) is 4.74 Å². The lowest BCUT2D eigenvalue weighted by atomic mass is 9.85. The van der Waals surface area contributed by atoms with Gasteiger partial charge in [-0.2, -0.15) is 0 Å². The Hall–Kier alpha value is -2.45. The molecule has 154 valence electrons. The third-order valence-electron chi connectivity index (χ3n) is 5.56. The smallest absolute Gasteiger partial charge is 0.223 e. The summed E-state index contributed by atoms with van der Waals surface area (Å²) in [6.07, 6.45) is -0.0968. The normalized spacial score (nSPS) is 23.6. The monoisotopic (exact) mass is 419 g/mol. The highest BCUT2D eigenvalue weighted by molar-refractivity contribution is 7.91. The molecule has 2 heterocycles. The first-order valence-corrected chi connectivity index (χ1v) is 10.9. The molecule has 1 fully saturated rings. The highest BCUT2D eigenvalue weighted by atomic mass is 32.2. The number of likely N-dealkylation sites (tertiary alicyclic amines) is 1. The zero-order chi connectivity index (χ0) is 21.0. The second kappa shape index (κ2) is 6.81. The maximum atomic E-state index is 14.9. The Morgan fingerprint density at radius 1 is 1.21 bits per heavy atom. The Morgan fingerprint density at radius 3 is 2.52 bits per heavy atom. The second-order valence-corrected chi connectivity index (χ2v) is 9.84. The summed E-state index contributed by atoms with van der Waals surface area (Å²) in [7, 11) is -4.13. The van der Waals surface area contributed by atoms with Gasteiger partial charge >= 0.3 is 0 Å². The maximum Gasteiger partial charge on any atom is 0.223 e. The summed E-state index contributed by atoms with van der Waals surface area (Å²) < 4.78 is 46.7. The fraction of sp³-hybridized carbons (Fsp3) is 0.381. The SMILES string of the molecule is CC1(C)Oc2cc(F)c(S(=O)(=O)c3ccccc3)cc2[C@H](N2CCCC2=O)[C@H]1O. The summed E-state index contributed by atoms with van der Waals surface area (Å²) in [5, 5.41) is 10.9. The molecule has 29 heavy (non-hydrogen) atoms. The summed E-state index contributed by atoms with van der Waals surface area (Å²) in [6.45, 7) is 3.75. The van der Waals surface area contributed by atoms with E-state index in [-0.39, 0.29) is 16.6 Å². The number of hydrogen-bond donors (Lipinski definition) is 1. The van der Waals surface area contributed by atoms with E-state index >= 15 is 0 Å². The fourth-order valence-electron chi connectivity index (χ4n) is 4.00. The number of nitrogens with zero attached hydrogens (tertiary/aromatic N) is 1. The van der Waals surface area contributed by atoms with Gasteiger partial charge in [0.2, 0.25) is 15.7 Å². The number of carbonyl (C=O) groups is 1. The molecule has 4 rings (SSSR count). The minimum atomic E-state index is -4.13. The minimum Gasteiger partial charge on any atom is -0.485 e. The molecular weight excluding hydrogens is 397 g/mol. The number of fused-ring (bicyclic) bond motifs is 1. The molecule has 2 aliphatic rings. The van der Waals surface area contributed by atoms with Crippen LogP contribution < -0.4 is 4.74 Å². The molecule has 2 atom stereocenters. The predicted octanol–water partition coefficient (Wildman–Crippen LogP) is 2.85. The van der Waals surface area contributed by atoms with Gasteiger partial charge in [0.25, 0.3) is 0 Å². The highest BCUT2D eigenvalue weighted by Crippen LogP contribution is 2.46. The highest BCUT2D eigenvalue weighted by Gasteiger charge is 2.48. The topological polar surface area (TPSA) is 83.9 Å². The minimum absolute atomic E-state index is 0.0368. The Kier molecular flexibility index (Phi) is 4.66. The maximum absolute atomic E-state index is 14.9. The molecule has 0 unspecified atom stereocenters. The molecule has 0 aliphatic carbocycles. The lowest BCUT2D eigenvalue weighted by Crippen LogP contribution is -2.53. The molecule has 0 radical (unpaired) electrons. The van der Waals surface area contributed by atoms with E-state index in [1.807, 2.05) is 0 Å². The van der Waals surface area contributed by atoms with Crippen LogP contribution in [-0.4, -0.2) is 42.6 Å². The molecule has 8 heteroatoms. The van der Waals surface area contributed by atoms with Crippen molar-refractivity contribution < 1.29 is 27.4 Å². The number of carbonyl (C=O) groups excluding carboxylic acids is 1. The number of aliphatic hydroxyl groups is 1. The van der Waals surface area contributed by atoms with Crippen LogP contribution in [0, 0.1) is 5.82 Å². The van der Waals surface area contributed by atoms with Crippen molar-refractivity contribution in [2.24, 2.45) is 0 Å². The summed E-state index contributed by atoms with van der Waals surface area (Å²) in [4.78, 5) is 13.4. The van der Waals surface area contributed by atoms with Crippen LogP contribution in [0.25, 0.3) is 0 Å². The average molecular weight is 419 g/mol. The van der Waals surface area contributed by atoms with Gasteiger partial charge < -0.3 is 14.7 Å². The van der Waals surface area contributed by atoms with Gasteiger partial charge in [0.05, 0.1) is 10.9 Å². The van der Waals surface area contributed by atoms with E-state index in [9.17, 15) is 22.7 Å². The van der Waals surface area contributed by atoms with Crippen LogP contribution in [0.4, 0.5) is 4.39 Å². The zero-order valence-electron chi connectivity index (χ0n) is 16.1. The van der Waals surface area contributed by atoms with Crippen molar-refractivity contribution >= 4 is 15.7 Å². The molecule has 0 bridgehead atoms. The molecule has 2 aliphatic heterocycles. The first-order valence-electron chi connectivity index (χ1n) is 9.43. The standard InChI is InChI=1S/C21H22FNO5S/c1-21(2)20(25)19(23-10-6-9-18(23)24)14-11-17(15(22)12-16(14)28-21)29(26,27)13-7-4-3-5-8-13/h3-5,7-8,11-12,19-20,25H,6,9-10H2,1-2H3/t19-,20+/m0/s1. The van der Waals surface area contributed by atoms with Gasteiger partial charge in [-0.15, -0.1) is 0 Å². The lowest BCUT2D eigenvalue weighted by Gasteiger charge is -2.45. The predicted molar refractivity (Wildman–Crippen MR) is 103 cm³/mol. The number of amides is 1. The summed E-state index contributed by atoms with van der Waals surface area (Å²) in [6, 6.07) is 8.99. The summed E-state index contributed by atoms with van der Waals surface area (Å²) in [5.41, 5.74) is -0.782. The van der Waals surface area contributed by atoms with Crippen LogP contribution in [-0.2, 0) is 14.6 Å². The van der Waals surface area contributed by atoms with Gasteiger partial charge in [0.1, 0.15) is 28.2 Å². The number of halogens is 1. The van der Waals surface area contributed by atoms with Crippen molar-refractivity contribution in [1.29, 1.82) is 0 Å². The van der Waals surface area contributed by atoms with Crippen LogP contribution in [0.3, 0.4) is 0 Å². The van der Waals surface area contributed by atoms with Crippen LogP contribution in [0.2, 0.25) is 0 Å². The van der Waals surface area contributed by atoms with E-state index in [0.717, 1.165) is 6.07 Å². The Bertz CT molecular complexity index is 1070. The zero-order valence-corrected chi connectivity index (χ0v) is 16.9. The van der Waals surface area contributed by atoms with Crippen LogP contribution >= 0.6 is 0 Å². The van der Waals surface area contributed by atoms with Gasteiger partial charge in [-0.25, -0.2) is 12.8 Å². The third kappa shape index (κ3) is 3.20. The molecule has 0 spiro atoms. The number of ether oxygens (including phenoxy) is 1. The van der Waals surface area contributed by atoms with Crippen LogP contribution in [0.1, 0.15) is 38.3 Å². The Labute approximate surface area is 168 Å². The Morgan fingerprint density at radius 2 is 1.90 bits per heavy atom. The third-order valence-corrected chi connectivity index (χ3v) is 7.34. The Balaban J connectivity index is 1.90. The number of rotatable bonds is 3. The quantitative estimate of drug-likeness (QED) is 0.827. The van der Waals surface area contributed by atoms with Gasteiger partial charge in [-0.05, 0) is 38.5 Å². The number of benzene rings is 2. The number of hydrogen-bond acceptors (Lipinski definition) is 5. The van der Waals surface area contributed by atoms with E-state index in [0.29, 0.717) is 24.9 Å². The van der Waals surface area contributed by atoms with Crippen molar-refractivity contribution in [1.82, 2.24) is 4.90 Å². The number of sulfone groups is 1. The molecule has 0 saturated carbocycles. The molecule has 1 saturated heterocycles. The molecule has 1 N–H and O–H groups in total. The summed E-state index contributed by atoms with van der Waals surface area (Å²) >= 11 is 0. The average Bonchev–Trinajstić information content (AvgIpc) is 3.08. The fourth-order valence-corrected chi connectivity index (χ4v) is 5.37. The van der Waals surface area contributed by atoms with Crippen molar-refractivity contribution in [3.05, 3.63) is 53.8 Å². The largest absolute Gasteiger partial charge is 0.485 e. The van der Waals surface area contributed by atoms with Crippen LogP contribution in [0.15, 0.2) is 52.3 Å². The van der Waals surface area contributed by atoms with Gasteiger partial charge in [-0.1, -0.05) is 18.2 Å². The van der Waals surface area contributed by atoms with Crippen LogP contribution in [0.5, 0.6) is 5.75 Å². The van der Waals surface area contributed by atoms with Crippen molar-refractivity contribution in [3.63, 3.8) is 0 Å². The first kappa shape index (κ1) is 19.8. The first-order chi connectivity index (χ1) is 13.6. The van der Waals surface area contributed by atoms with Crippen molar-refractivity contribution in [2.45, 2.75) is 54.2 Å². The molecular formula is C21H22FNO5S. The van der Waals surface area contributed by atoms with Crippen molar-refractivity contribution in [2.75, 3.05) is 6.54 Å². The molecule has 2 aromatic rings. The second-order valence-electron chi connectivity index (χ2n) is 7.92. The van der Waals surface area contributed by atoms with Gasteiger partial charge in [0.15, 0.2) is 0 Å². The van der Waals surface area contributed by atoms with E-state index in [2.05, 4.69) is 0 Å². The molecule has 2 aromatic carbocycles. The molecule has 6 nitrogen and oxygen atoms in total. The lowest BCUT2D eigenvalue weighted by molar-refractivity contribution is -0.139.